The predicted molar refractivity (Wildman–Crippen MR) is 85.4 cm³/mol. The van der Waals surface area contributed by atoms with Gasteiger partial charge in [0.15, 0.2) is 5.58 Å². The van der Waals surface area contributed by atoms with E-state index in [-0.39, 0.29) is 12.4 Å². The van der Waals surface area contributed by atoms with Crippen LogP contribution in [0.5, 0.6) is 0 Å². The summed E-state index contributed by atoms with van der Waals surface area (Å²) in [5.41, 5.74) is 9.13. The van der Waals surface area contributed by atoms with Crippen molar-refractivity contribution in [2.24, 2.45) is 5.73 Å². The number of halogens is 1. The largest absolute Gasteiger partial charge is 0.436 e. The van der Waals surface area contributed by atoms with Crippen LogP contribution in [-0.2, 0) is 11.3 Å². The summed E-state index contributed by atoms with van der Waals surface area (Å²) in [4.78, 5) is 4.47. The van der Waals surface area contributed by atoms with Crippen LogP contribution in [-0.4, -0.2) is 18.1 Å². The fourth-order valence-electron chi connectivity index (χ4n) is 2.01. The number of nitrogens with two attached hydrogens (primary N) is 1. The minimum absolute atomic E-state index is 0. The number of ether oxygens (including phenoxy) is 1. The van der Waals surface area contributed by atoms with Gasteiger partial charge >= 0.3 is 0 Å². The molecule has 21 heavy (non-hydrogen) atoms. The molecule has 0 aliphatic heterocycles. The maximum atomic E-state index is 5.73. The van der Waals surface area contributed by atoms with Crippen LogP contribution >= 0.6 is 12.4 Å². The van der Waals surface area contributed by atoms with Crippen molar-refractivity contribution < 1.29 is 9.15 Å². The van der Waals surface area contributed by atoms with Crippen LogP contribution in [0.2, 0.25) is 0 Å². The van der Waals surface area contributed by atoms with Crippen LogP contribution in [0.1, 0.15) is 5.56 Å². The highest BCUT2D eigenvalue weighted by atomic mass is 35.5. The molecule has 0 atom stereocenters. The van der Waals surface area contributed by atoms with E-state index in [9.17, 15) is 0 Å². The van der Waals surface area contributed by atoms with Crippen LogP contribution in [0.25, 0.3) is 22.6 Å². The molecular weight excluding hydrogens is 288 g/mol. The highest BCUT2D eigenvalue weighted by Gasteiger charge is 2.07. The van der Waals surface area contributed by atoms with Gasteiger partial charge in [-0.15, -0.1) is 12.4 Å². The summed E-state index contributed by atoms with van der Waals surface area (Å²) in [6.07, 6.45) is 0. The summed E-state index contributed by atoms with van der Waals surface area (Å²) < 4.78 is 11.1. The third-order valence-corrected chi connectivity index (χ3v) is 3.03. The lowest BCUT2D eigenvalue weighted by Crippen LogP contribution is -2.08. The van der Waals surface area contributed by atoms with E-state index in [4.69, 9.17) is 14.9 Å². The van der Waals surface area contributed by atoms with Gasteiger partial charge in [-0.2, -0.15) is 0 Å². The number of fused-ring (bicyclic) bond motifs is 1. The monoisotopic (exact) mass is 304 g/mol. The van der Waals surface area contributed by atoms with Crippen molar-refractivity contribution in [2.75, 3.05) is 13.2 Å². The first-order chi connectivity index (χ1) is 9.86. The number of hydrogen-bond acceptors (Lipinski definition) is 4. The first-order valence-corrected chi connectivity index (χ1v) is 6.59. The standard InChI is InChI=1S/C16H16N2O2.ClH/c17-9-10-19-11-12-5-7-13(8-6-12)16-18-14-3-1-2-4-15(14)20-16;/h1-8H,9-11,17H2;1H. The summed E-state index contributed by atoms with van der Waals surface area (Å²) in [5, 5.41) is 0. The molecular formula is C16H17ClN2O2. The van der Waals surface area contributed by atoms with Crippen LogP contribution in [0.15, 0.2) is 52.9 Å². The average Bonchev–Trinajstić information content (AvgIpc) is 2.92. The molecule has 0 radical (unpaired) electrons. The van der Waals surface area contributed by atoms with Crippen molar-refractivity contribution in [2.45, 2.75) is 6.61 Å². The summed E-state index contributed by atoms with van der Waals surface area (Å²) in [7, 11) is 0. The van der Waals surface area contributed by atoms with Crippen molar-refractivity contribution in [1.29, 1.82) is 0 Å². The average molecular weight is 305 g/mol. The molecule has 2 N–H and O–H groups in total. The lowest BCUT2D eigenvalue weighted by Gasteiger charge is -2.03. The summed E-state index contributed by atoms with van der Waals surface area (Å²) in [6, 6.07) is 15.8. The van der Waals surface area contributed by atoms with E-state index in [1.165, 1.54) is 0 Å². The van der Waals surface area contributed by atoms with E-state index >= 15 is 0 Å². The van der Waals surface area contributed by atoms with Gasteiger partial charge in [-0.3, -0.25) is 0 Å². The fraction of sp³-hybridized carbons (Fsp3) is 0.188. The summed E-state index contributed by atoms with van der Waals surface area (Å²) in [5.74, 6) is 0.639. The van der Waals surface area contributed by atoms with Crippen molar-refractivity contribution >= 4 is 23.5 Å². The highest BCUT2D eigenvalue weighted by Crippen LogP contribution is 2.24. The highest BCUT2D eigenvalue weighted by molar-refractivity contribution is 5.85. The molecule has 3 aromatic rings. The van der Waals surface area contributed by atoms with Gasteiger partial charge in [0.25, 0.3) is 0 Å². The summed E-state index contributed by atoms with van der Waals surface area (Å²) >= 11 is 0. The van der Waals surface area contributed by atoms with Crippen molar-refractivity contribution in [3.8, 4) is 11.5 Å². The molecule has 0 aliphatic rings. The Bertz CT molecular complexity index is 662. The van der Waals surface area contributed by atoms with Crippen LogP contribution in [0.3, 0.4) is 0 Å². The van der Waals surface area contributed by atoms with E-state index in [1.54, 1.807) is 0 Å². The number of benzene rings is 2. The Kier molecular flexibility index (Phi) is 5.33. The molecule has 0 amide bonds. The van der Waals surface area contributed by atoms with Gasteiger partial charge in [-0.1, -0.05) is 24.3 Å². The van der Waals surface area contributed by atoms with E-state index in [0.29, 0.717) is 25.6 Å². The molecule has 3 rings (SSSR count). The van der Waals surface area contributed by atoms with Gasteiger partial charge in [-0.25, -0.2) is 4.98 Å². The van der Waals surface area contributed by atoms with Gasteiger partial charge in [0.1, 0.15) is 5.52 Å². The topological polar surface area (TPSA) is 61.3 Å². The smallest absolute Gasteiger partial charge is 0.227 e. The normalized spacial score (nSPS) is 10.5. The third kappa shape index (κ3) is 3.61. The molecule has 0 spiro atoms. The van der Waals surface area contributed by atoms with Crippen LogP contribution < -0.4 is 5.73 Å². The Labute approximate surface area is 129 Å². The fourth-order valence-corrected chi connectivity index (χ4v) is 2.01. The SMILES string of the molecule is Cl.NCCOCc1ccc(-c2nc3ccccc3o2)cc1. The van der Waals surface area contributed by atoms with E-state index in [2.05, 4.69) is 4.98 Å². The molecule has 1 heterocycles. The van der Waals surface area contributed by atoms with Gasteiger partial charge in [0.05, 0.1) is 13.2 Å². The summed E-state index contributed by atoms with van der Waals surface area (Å²) in [6.45, 7) is 1.69. The molecule has 0 saturated carbocycles. The molecule has 5 heteroatoms. The molecule has 0 fully saturated rings. The van der Waals surface area contributed by atoms with Crippen molar-refractivity contribution in [3.63, 3.8) is 0 Å². The molecule has 1 aromatic heterocycles. The second-order valence-corrected chi connectivity index (χ2v) is 4.52. The molecule has 0 bridgehead atoms. The predicted octanol–water partition coefficient (Wildman–Crippen LogP) is 3.39. The van der Waals surface area contributed by atoms with Gasteiger partial charge in [-0.05, 0) is 29.8 Å². The van der Waals surface area contributed by atoms with E-state index in [0.717, 1.165) is 22.2 Å². The third-order valence-electron chi connectivity index (χ3n) is 3.03. The minimum atomic E-state index is 0. The molecule has 110 valence electrons. The zero-order valence-electron chi connectivity index (χ0n) is 11.5. The van der Waals surface area contributed by atoms with Gasteiger partial charge in [0, 0.05) is 12.1 Å². The molecule has 0 aliphatic carbocycles. The molecule has 0 saturated heterocycles. The Balaban J connectivity index is 0.00000161. The first-order valence-electron chi connectivity index (χ1n) is 6.59. The number of para-hydroxylation sites is 2. The Morgan fingerprint density at radius 1 is 1.05 bits per heavy atom. The molecule has 4 nitrogen and oxygen atoms in total. The lowest BCUT2D eigenvalue weighted by atomic mass is 10.1. The Hall–Kier alpha value is -1.88. The lowest BCUT2D eigenvalue weighted by molar-refractivity contribution is 0.128. The number of hydrogen-bond donors (Lipinski definition) is 1. The van der Waals surface area contributed by atoms with Gasteiger partial charge in [0.2, 0.25) is 5.89 Å². The van der Waals surface area contributed by atoms with E-state index < -0.39 is 0 Å². The number of nitrogens with zero attached hydrogens (tertiary/aromatic N) is 1. The number of rotatable bonds is 5. The zero-order chi connectivity index (χ0) is 13.8. The zero-order valence-corrected chi connectivity index (χ0v) is 12.3. The minimum Gasteiger partial charge on any atom is -0.436 e. The van der Waals surface area contributed by atoms with Crippen LogP contribution in [0.4, 0.5) is 0 Å². The second-order valence-electron chi connectivity index (χ2n) is 4.52. The first kappa shape index (κ1) is 15.5. The van der Waals surface area contributed by atoms with Crippen LogP contribution in [0, 0.1) is 0 Å². The maximum absolute atomic E-state index is 5.73. The van der Waals surface area contributed by atoms with E-state index in [1.807, 2.05) is 48.5 Å². The molecule has 2 aromatic carbocycles. The second kappa shape index (κ2) is 7.22. The molecule has 0 unspecified atom stereocenters. The number of oxazole rings is 1. The Morgan fingerprint density at radius 2 is 1.81 bits per heavy atom. The van der Waals surface area contributed by atoms with Gasteiger partial charge < -0.3 is 14.9 Å². The van der Waals surface area contributed by atoms with Crippen molar-refractivity contribution in [3.05, 3.63) is 54.1 Å². The number of aromatic nitrogens is 1. The Morgan fingerprint density at radius 3 is 2.52 bits per heavy atom. The quantitative estimate of drug-likeness (QED) is 0.734. The van der Waals surface area contributed by atoms with Crippen molar-refractivity contribution in [1.82, 2.24) is 4.98 Å². The maximum Gasteiger partial charge on any atom is 0.227 e.